The van der Waals surface area contributed by atoms with Crippen LogP contribution in [0, 0.1) is 5.92 Å². The van der Waals surface area contributed by atoms with E-state index in [1.165, 1.54) is 15.1 Å². The lowest BCUT2D eigenvalue weighted by Crippen LogP contribution is -2.47. The maximum atomic E-state index is 6.16. The second-order valence-corrected chi connectivity index (χ2v) is 7.43. The van der Waals surface area contributed by atoms with Gasteiger partial charge in [0.05, 0.1) is 3.79 Å². The SMILES string of the molecule is CCC1CN(C(C)c2ccc(Br)s2)CCC1N. The minimum atomic E-state index is 0.401. The van der Waals surface area contributed by atoms with Crippen LogP contribution in [0.5, 0.6) is 0 Å². The Hall–Kier alpha value is 0.1000. The third-order valence-electron chi connectivity index (χ3n) is 3.90. The highest BCUT2D eigenvalue weighted by Crippen LogP contribution is 2.33. The van der Waals surface area contributed by atoms with E-state index < -0.39 is 0 Å². The predicted octanol–water partition coefficient (Wildman–Crippen LogP) is 3.63. The monoisotopic (exact) mass is 316 g/mol. The van der Waals surface area contributed by atoms with E-state index in [0.29, 0.717) is 18.0 Å². The molecule has 1 aliphatic rings. The number of likely N-dealkylation sites (tertiary alicyclic amines) is 1. The van der Waals surface area contributed by atoms with Crippen molar-refractivity contribution in [3.8, 4) is 0 Å². The fourth-order valence-corrected chi connectivity index (χ4v) is 4.10. The molecule has 3 atom stereocenters. The molecule has 0 aliphatic carbocycles. The number of halogens is 1. The Morgan fingerprint density at radius 1 is 1.59 bits per heavy atom. The molecule has 0 spiro atoms. The van der Waals surface area contributed by atoms with Gasteiger partial charge in [0.2, 0.25) is 0 Å². The number of hydrogen-bond acceptors (Lipinski definition) is 3. The van der Waals surface area contributed by atoms with E-state index in [2.05, 4.69) is 46.8 Å². The Morgan fingerprint density at radius 3 is 2.94 bits per heavy atom. The summed E-state index contributed by atoms with van der Waals surface area (Å²) in [6.07, 6.45) is 2.33. The van der Waals surface area contributed by atoms with E-state index >= 15 is 0 Å². The summed E-state index contributed by atoms with van der Waals surface area (Å²) in [6, 6.07) is 5.30. The Balaban J connectivity index is 2.03. The number of rotatable bonds is 3. The minimum absolute atomic E-state index is 0.401. The van der Waals surface area contributed by atoms with E-state index in [1.807, 2.05) is 11.3 Å². The maximum absolute atomic E-state index is 6.16. The van der Waals surface area contributed by atoms with Gasteiger partial charge in [-0.15, -0.1) is 11.3 Å². The van der Waals surface area contributed by atoms with Gasteiger partial charge in [0, 0.05) is 30.1 Å². The van der Waals surface area contributed by atoms with Crippen LogP contribution in [0.25, 0.3) is 0 Å². The summed E-state index contributed by atoms with van der Waals surface area (Å²) < 4.78 is 1.22. The second-order valence-electron chi connectivity index (χ2n) is 4.93. The lowest BCUT2D eigenvalue weighted by atomic mass is 9.90. The summed E-state index contributed by atoms with van der Waals surface area (Å²) in [5.41, 5.74) is 6.16. The van der Waals surface area contributed by atoms with Crippen molar-refractivity contribution in [1.82, 2.24) is 4.90 Å². The van der Waals surface area contributed by atoms with Crippen LogP contribution in [-0.2, 0) is 0 Å². The van der Waals surface area contributed by atoms with Gasteiger partial charge < -0.3 is 5.73 Å². The number of piperidine rings is 1. The normalized spacial score (nSPS) is 28.2. The average Bonchev–Trinajstić information content (AvgIpc) is 2.75. The zero-order valence-corrected chi connectivity index (χ0v) is 12.9. The molecule has 0 saturated carbocycles. The topological polar surface area (TPSA) is 29.3 Å². The van der Waals surface area contributed by atoms with Crippen LogP contribution < -0.4 is 5.73 Å². The standard InChI is InChI=1S/C13H21BrN2S/c1-3-10-8-16(7-6-11(10)15)9(2)12-4-5-13(14)17-12/h4-5,9-11H,3,6-8,15H2,1-2H3. The van der Waals surface area contributed by atoms with Crippen LogP contribution in [0.2, 0.25) is 0 Å². The Morgan fingerprint density at radius 2 is 2.35 bits per heavy atom. The number of nitrogens with two attached hydrogens (primary N) is 1. The smallest absolute Gasteiger partial charge is 0.0701 e. The van der Waals surface area contributed by atoms with Crippen molar-refractivity contribution >= 4 is 27.3 Å². The van der Waals surface area contributed by atoms with Crippen molar-refractivity contribution in [3.63, 3.8) is 0 Å². The summed E-state index contributed by atoms with van der Waals surface area (Å²) >= 11 is 5.38. The van der Waals surface area contributed by atoms with Gasteiger partial charge in [-0.3, -0.25) is 4.90 Å². The molecular formula is C13H21BrN2S. The van der Waals surface area contributed by atoms with E-state index in [0.717, 1.165) is 19.5 Å². The first-order valence-electron chi connectivity index (χ1n) is 6.36. The molecule has 0 bridgehead atoms. The maximum Gasteiger partial charge on any atom is 0.0701 e. The van der Waals surface area contributed by atoms with Crippen LogP contribution in [-0.4, -0.2) is 24.0 Å². The Labute approximate surface area is 116 Å². The van der Waals surface area contributed by atoms with Crippen molar-refractivity contribution in [2.75, 3.05) is 13.1 Å². The average molecular weight is 317 g/mol. The quantitative estimate of drug-likeness (QED) is 0.922. The third-order valence-corrected chi connectivity index (χ3v) is 5.70. The molecule has 2 nitrogen and oxygen atoms in total. The lowest BCUT2D eigenvalue weighted by molar-refractivity contribution is 0.116. The van der Waals surface area contributed by atoms with Gasteiger partial charge >= 0.3 is 0 Å². The summed E-state index contributed by atoms with van der Waals surface area (Å²) in [5, 5.41) is 0. The molecule has 1 saturated heterocycles. The molecule has 1 aliphatic heterocycles. The molecule has 2 N–H and O–H groups in total. The van der Waals surface area contributed by atoms with Crippen LogP contribution in [0.4, 0.5) is 0 Å². The van der Waals surface area contributed by atoms with Gasteiger partial charge in [-0.05, 0) is 47.3 Å². The summed E-state index contributed by atoms with van der Waals surface area (Å²) in [7, 11) is 0. The van der Waals surface area contributed by atoms with E-state index in [4.69, 9.17) is 5.73 Å². The predicted molar refractivity (Wildman–Crippen MR) is 78.4 cm³/mol. The molecule has 0 amide bonds. The van der Waals surface area contributed by atoms with Gasteiger partial charge in [-0.2, -0.15) is 0 Å². The van der Waals surface area contributed by atoms with Gasteiger partial charge in [-0.25, -0.2) is 0 Å². The molecule has 0 radical (unpaired) electrons. The van der Waals surface area contributed by atoms with Crippen molar-refractivity contribution in [3.05, 3.63) is 20.8 Å². The number of thiophene rings is 1. The van der Waals surface area contributed by atoms with Gasteiger partial charge in [0.15, 0.2) is 0 Å². The fraction of sp³-hybridized carbons (Fsp3) is 0.692. The highest BCUT2D eigenvalue weighted by molar-refractivity contribution is 9.11. The first kappa shape index (κ1) is 13.5. The Bertz CT molecular complexity index is 366. The summed E-state index contributed by atoms with van der Waals surface area (Å²) in [5.74, 6) is 0.662. The molecule has 96 valence electrons. The van der Waals surface area contributed by atoms with E-state index in [1.54, 1.807) is 0 Å². The number of nitrogens with zero attached hydrogens (tertiary/aromatic N) is 1. The van der Waals surface area contributed by atoms with Crippen molar-refractivity contribution in [2.24, 2.45) is 11.7 Å². The van der Waals surface area contributed by atoms with Crippen LogP contribution >= 0.6 is 27.3 Å². The van der Waals surface area contributed by atoms with E-state index in [-0.39, 0.29) is 0 Å². The molecule has 0 aromatic carbocycles. The van der Waals surface area contributed by atoms with Gasteiger partial charge in [0.25, 0.3) is 0 Å². The van der Waals surface area contributed by atoms with Crippen molar-refractivity contribution < 1.29 is 0 Å². The summed E-state index contributed by atoms with van der Waals surface area (Å²) in [4.78, 5) is 4.03. The molecule has 2 heterocycles. The fourth-order valence-electron chi connectivity index (χ4n) is 2.59. The van der Waals surface area contributed by atoms with Crippen LogP contribution in [0.1, 0.15) is 37.6 Å². The molecule has 1 fully saturated rings. The highest BCUT2D eigenvalue weighted by atomic mass is 79.9. The second kappa shape index (κ2) is 5.83. The van der Waals surface area contributed by atoms with Crippen LogP contribution in [0.15, 0.2) is 15.9 Å². The zero-order chi connectivity index (χ0) is 12.4. The number of hydrogen-bond donors (Lipinski definition) is 1. The summed E-state index contributed by atoms with van der Waals surface area (Å²) in [6.45, 7) is 6.84. The largest absolute Gasteiger partial charge is 0.327 e. The third kappa shape index (κ3) is 3.11. The molecule has 17 heavy (non-hydrogen) atoms. The molecule has 4 heteroatoms. The molecule has 3 unspecified atom stereocenters. The van der Waals surface area contributed by atoms with Gasteiger partial charge in [-0.1, -0.05) is 13.3 Å². The van der Waals surface area contributed by atoms with Gasteiger partial charge in [0.1, 0.15) is 0 Å². The molecule has 2 rings (SSSR count). The first-order chi connectivity index (χ1) is 8.11. The molecular weight excluding hydrogens is 296 g/mol. The molecule has 1 aromatic heterocycles. The van der Waals surface area contributed by atoms with Crippen molar-refractivity contribution in [2.45, 2.75) is 38.8 Å². The first-order valence-corrected chi connectivity index (χ1v) is 7.97. The molecule has 1 aromatic rings. The minimum Gasteiger partial charge on any atom is -0.327 e. The van der Waals surface area contributed by atoms with E-state index in [9.17, 15) is 0 Å². The lowest BCUT2D eigenvalue weighted by Gasteiger charge is -2.39. The Kier molecular flexibility index (Phi) is 4.64. The zero-order valence-electron chi connectivity index (χ0n) is 10.5. The van der Waals surface area contributed by atoms with Crippen molar-refractivity contribution in [1.29, 1.82) is 0 Å². The highest BCUT2D eigenvalue weighted by Gasteiger charge is 2.28. The van der Waals surface area contributed by atoms with Crippen LogP contribution in [0.3, 0.4) is 0 Å².